The van der Waals surface area contributed by atoms with Gasteiger partial charge in [-0.25, -0.2) is 0 Å². The molecule has 0 aliphatic heterocycles. The fraction of sp³-hybridized carbons (Fsp3) is 0.125. The minimum atomic E-state index is -1.55. The summed E-state index contributed by atoms with van der Waals surface area (Å²) in [6.45, 7) is 1.80. The van der Waals surface area contributed by atoms with Crippen LogP contribution in [-0.4, -0.2) is 34.5 Å². The molecule has 0 bridgehead atoms. The molecule has 0 aliphatic rings. The molecule has 0 spiro atoms. The van der Waals surface area contributed by atoms with Crippen molar-refractivity contribution in [3.05, 3.63) is 42.1 Å². The second-order valence-corrected chi connectivity index (χ2v) is 5.31. The summed E-state index contributed by atoms with van der Waals surface area (Å²) < 4.78 is 5.43. The van der Waals surface area contributed by atoms with Gasteiger partial charge in [0.15, 0.2) is 0 Å². The first-order valence-corrected chi connectivity index (χ1v) is 7.07. The van der Waals surface area contributed by atoms with E-state index in [9.17, 15) is 10.0 Å². The van der Waals surface area contributed by atoms with Crippen LogP contribution in [0.4, 0.5) is 5.69 Å². The average molecular weight is 309 g/mol. The van der Waals surface area contributed by atoms with E-state index in [4.69, 9.17) is 10.5 Å². The van der Waals surface area contributed by atoms with Gasteiger partial charge in [0.1, 0.15) is 5.75 Å². The summed E-state index contributed by atoms with van der Waals surface area (Å²) in [5, 5.41) is 27.8. The van der Waals surface area contributed by atoms with Gasteiger partial charge in [-0.1, -0.05) is 12.1 Å². The Morgan fingerprint density at radius 2 is 1.96 bits per heavy atom. The topological polar surface area (TPSA) is 101 Å². The Bertz CT molecular complexity index is 884. The van der Waals surface area contributed by atoms with Crippen molar-refractivity contribution in [2.75, 3.05) is 12.8 Å². The molecule has 0 aliphatic carbocycles. The molecule has 2 aromatic carbocycles. The van der Waals surface area contributed by atoms with Crippen LogP contribution in [0.3, 0.4) is 0 Å². The van der Waals surface area contributed by atoms with Crippen LogP contribution in [0.1, 0.15) is 5.56 Å². The van der Waals surface area contributed by atoms with Crippen LogP contribution in [0, 0.1) is 6.92 Å². The molecule has 0 atom stereocenters. The van der Waals surface area contributed by atoms with E-state index in [1.807, 2.05) is 18.2 Å². The number of anilines is 1. The third-order valence-electron chi connectivity index (χ3n) is 3.85. The molecule has 1 aromatic heterocycles. The zero-order valence-electron chi connectivity index (χ0n) is 12.8. The van der Waals surface area contributed by atoms with Crippen LogP contribution in [0.25, 0.3) is 22.0 Å². The summed E-state index contributed by atoms with van der Waals surface area (Å²) >= 11 is 0. The third kappa shape index (κ3) is 2.72. The van der Waals surface area contributed by atoms with Crippen molar-refractivity contribution in [2.45, 2.75) is 6.92 Å². The minimum Gasteiger partial charge on any atom is -0.496 e. The molecule has 0 radical (unpaired) electrons. The van der Waals surface area contributed by atoms with Gasteiger partial charge in [0.05, 0.1) is 24.5 Å². The predicted octanol–water partition coefficient (Wildman–Crippen LogP) is 0.876. The molecule has 0 unspecified atom stereocenters. The first kappa shape index (κ1) is 15.3. The maximum atomic E-state index is 9.52. The van der Waals surface area contributed by atoms with Gasteiger partial charge in [-0.2, -0.15) is 10.2 Å². The number of aromatic nitrogens is 2. The van der Waals surface area contributed by atoms with Crippen LogP contribution in [0.15, 0.2) is 36.5 Å². The summed E-state index contributed by atoms with van der Waals surface area (Å²) in [5.74, 6) is 0.642. The van der Waals surface area contributed by atoms with Gasteiger partial charge in [0.25, 0.3) is 0 Å². The lowest BCUT2D eigenvalue weighted by molar-refractivity contribution is 0.415. The van der Waals surface area contributed by atoms with E-state index < -0.39 is 7.12 Å². The molecule has 23 heavy (non-hydrogen) atoms. The van der Waals surface area contributed by atoms with Crippen molar-refractivity contribution < 1.29 is 14.8 Å². The number of methoxy groups -OCH3 is 1. The molecule has 116 valence electrons. The fourth-order valence-corrected chi connectivity index (χ4v) is 2.62. The molecule has 0 saturated heterocycles. The maximum absolute atomic E-state index is 9.52. The lowest BCUT2D eigenvalue weighted by Gasteiger charge is -2.14. The highest BCUT2D eigenvalue weighted by atomic mass is 16.5. The van der Waals surface area contributed by atoms with Crippen LogP contribution in [0.2, 0.25) is 0 Å². The number of hydrogen-bond donors (Lipinski definition) is 3. The Kier molecular flexibility index (Phi) is 3.89. The first-order chi connectivity index (χ1) is 11.0. The van der Waals surface area contributed by atoms with Gasteiger partial charge in [-0.05, 0) is 41.7 Å². The summed E-state index contributed by atoms with van der Waals surface area (Å²) in [6, 6.07) is 9.09. The number of benzene rings is 2. The fourth-order valence-electron chi connectivity index (χ4n) is 2.62. The van der Waals surface area contributed by atoms with Gasteiger partial charge in [-0.15, -0.1) is 0 Å². The Morgan fingerprint density at radius 3 is 2.65 bits per heavy atom. The van der Waals surface area contributed by atoms with Crippen molar-refractivity contribution in [1.29, 1.82) is 0 Å². The van der Waals surface area contributed by atoms with Crippen LogP contribution < -0.4 is 15.9 Å². The van der Waals surface area contributed by atoms with E-state index in [1.165, 1.54) is 6.20 Å². The highest BCUT2D eigenvalue weighted by Gasteiger charge is 2.18. The summed E-state index contributed by atoms with van der Waals surface area (Å²) in [4.78, 5) is 0. The second kappa shape index (κ2) is 5.87. The van der Waals surface area contributed by atoms with Crippen LogP contribution in [-0.2, 0) is 0 Å². The molecule has 3 rings (SSSR count). The van der Waals surface area contributed by atoms with Crippen molar-refractivity contribution in [2.24, 2.45) is 0 Å². The molecule has 3 aromatic rings. The molecule has 0 amide bonds. The Hall–Kier alpha value is -2.64. The van der Waals surface area contributed by atoms with E-state index >= 15 is 0 Å². The maximum Gasteiger partial charge on any atom is 0.488 e. The van der Waals surface area contributed by atoms with Gasteiger partial charge in [-0.3, -0.25) is 0 Å². The van der Waals surface area contributed by atoms with Crippen LogP contribution in [0.5, 0.6) is 5.75 Å². The predicted molar refractivity (Wildman–Crippen MR) is 90.5 cm³/mol. The van der Waals surface area contributed by atoms with Gasteiger partial charge in [0.2, 0.25) is 0 Å². The molecule has 1 heterocycles. The number of fused-ring (bicyclic) bond motifs is 1. The normalized spacial score (nSPS) is 10.8. The first-order valence-electron chi connectivity index (χ1n) is 7.07. The van der Waals surface area contributed by atoms with Gasteiger partial charge in [0, 0.05) is 10.9 Å². The smallest absolute Gasteiger partial charge is 0.488 e. The quantitative estimate of drug-likeness (QED) is 0.621. The molecular weight excluding hydrogens is 293 g/mol. The molecule has 0 saturated carbocycles. The summed E-state index contributed by atoms with van der Waals surface area (Å²) in [6.07, 6.45) is 1.51. The van der Waals surface area contributed by atoms with Crippen LogP contribution >= 0.6 is 0 Å². The lowest BCUT2D eigenvalue weighted by Crippen LogP contribution is -2.32. The lowest BCUT2D eigenvalue weighted by atomic mass is 9.76. The monoisotopic (exact) mass is 309 g/mol. The molecule has 6 nitrogen and oxygen atoms in total. The third-order valence-corrected chi connectivity index (χ3v) is 3.85. The Balaban J connectivity index is 2.23. The second-order valence-electron chi connectivity index (χ2n) is 5.31. The zero-order chi connectivity index (χ0) is 16.6. The van der Waals surface area contributed by atoms with Gasteiger partial charge < -0.3 is 20.5 Å². The minimum absolute atomic E-state index is 0.430. The van der Waals surface area contributed by atoms with Crippen molar-refractivity contribution >= 4 is 29.2 Å². The van der Waals surface area contributed by atoms with Crippen molar-refractivity contribution in [3.63, 3.8) is 0 Å². The molecule has 4 N–H and O–H groups in total. The molecule has 7 heteroatoms. The molecular formula is C16H16BN3O3. The largest absolute Gasteiger partial charge is 0.496 e. The zero-order valence-corrected chi connectivity index (χ0v) is 12.8. The Labute approximate surface area is 133 Å². The van der Waals surface area contributed by atoms with E-state index in [2.05, 4.69) is 10.2 Å². The van der Waals surface area contributed by atoms with E-state index in [0.717, 1.165) is 22.1 Å². The summed E-state index contributed by atoms with van der Waals surface area (Å²) in [7, 11) is 0.0298. The van der Waals surface area contributed by atoms with Crippen molar-refractivity contribution in [1.82, 2.24) is 10.2 Å². The molecule has 0 fully saturated rings. The van der Waals surface area contributed by atoms with E-state index in [-0.39, 0.29) is 0 Å². The summed E-state index contributed by atoms with van der Waals surface area (Å²) in [5.41, 5.74) is 9.86. The SMILES string of the molecule is COc1cc(C)c(B(O)O)cc1-c1ccc2c(N)cnnc2c1. The van der Waals surface area contributed by atoms with Gasteiger partial charge >= 0.3 is 7.12 Å². The van der Waals surface area contributed by atoms with E-state index in [1.54, 1.807) is 26.2 Å². The number of nitrogen functional groups attached to an aromatic ring is 1. The number of aryl methyl sites for hydroxylation is 1. The standard InChI is InChI=1S/C16H16BN3O3/c1-9-5-16(23-2)12(7-13(9)17(21)22)10-3-4-11-14(18)8-19-20-15(11)6-10/h3-8,21-22H,1-2H3,(H2,18,20). The highest BCUT2D eigenvalue weighted by Crippen LogP contribution is 2.32. The number of nitrogens with zero attached hydrogens (tertiary/aromatic N) is 2. The van der Waals surface area contributed by atoms with Crippen molar-refractivity contribution in [3.8, 4) is 16.9 Å². The number of hydrogen-bond acceptors (Lipinski definition) is 6. The number of rotatable bonds is 3. The van der Waals surface area contributed by atoms with E-state index in [0.29, 0.717) is 22.4 Å². The highest BCUT2D eigenvalue weighted by molar-refractivity contribution is 6.59. The number of ether oxygens (including phenoxy) is 1. The number of nitrogens with two attached hydrogens (primary N) is 1. The average Bonchev–Trinajstić information content (AvgIpc) is 2.54. The Morgan fingerprint density at radius 1 is 1.17 bits per heavy atom.